The summed E-state index contributed by atoms with van der Waals surface area (Å²) in [4.78, 5) is 16.2. The van der Waals surface area contributed by atoms with Crippen molar-refractivity contribution in [3.05, 3.63) is 29.1 Å². The average Bonchev–Trinajstić information content (AvgIpc) is 2.48. The van der Waals surface area contributed by atoms with Crippen LogP contribution in [0.1, 0.15) is 42.6 Å². The molecule has 0 spiro atoms. The van der Waals surface area contributed by atoms with Crippen molar-refractivity contribution < 1.29 is 9.90 Å². The number of rotatable bonds is 2. The molecule has 0 saturated heterocycles. The summed E-state index contributed by atoms with van der Waals surface area (Å²) in [6.07, 6.45) is 2.53. The first-order valence-electron chi connectivity index (χ1n) is 6.21. The summed E-state index contributed by atoms with van der Waals surface area (Å²) in [5.41, 5.74) is 3.30. The lowest BCUT2D eigenvalue weighted by Crippen LogP contribution is -2.20. The highest BCUT2D eigenvalue weighted by Crippen LogP contribution is 2.32. The van der Waals surface area contributed by atoms with Crippen LogP contribution in [-0.4, -0.2) is 22.5 Å². The maximum Gasteiger partial charge on any atom is 0.161 e. The fourth-order valence-corrected chi connectivity index (χ4v) is 2.58. The van der Waals surface area contributed by atoms with Crippen LogP contribution in [0.25, 0.3) is 0 Å². The van der Waals surface area contributed by atoms with Gasteiger partial charge in [-0.25, -0.2) is 0 Å². The van der Waals surface area contributed by atoms with Crippen LogP contribution in [0.15, 0.2) is 12.1 Å². The molecule has 2 atom stereocenters. The number of aromatic nitrogens is 1. The van der Waals surface area contributed by atoms with E-state index in [1.165, 1.54) is 5.56 Å². The Hall–Kier alpha value is -1.22. The van der Waals surface area contributed by atoms with Crippen LogP contribution in [0.2, 0.25) is 0 Å². The molecule has 0 saturated carbocycles. The number of aliphatic hydroxyl groups excluding tert-OH is 1. The second-order valence-electron chi connectivity index (χ2n) is 4.99. The van der Waals surface area contributed by atoms with Crippen molar-refractivity contribution in [3.63, 3.8) is 0 Å². The molecule has 1 aliphatic carbocycles. The molecule has 0 unspecified atom stereocenters. The van der Waals surface area contributed by atoms with E-state index in [0.29, 0.717) is 12.3 Å². The average molecular weight is 233 g/mol. The summed E-state index contributed by atoms with van der Waals surface area (Å²) < 4.78 is 0. The summed E-state index contributed by atoms with van der Waals surface area (Å²) in [7, 11) is 0. The van der Waals surface area contributed by atoms with Gasteiger partial charge in [-0.15, -0.1) is 0 Å². The highest BCUT2D eigenvalue weighted by Gasteiger charge is 2.26. The molecule has 1 N–H and O–H groups in total. The van der Waals surface area contributed by atoms with Gasteiger partial charge in [0.05, 0.1) is 0 Å². The van der Waals surface area contributed by atoms with E-state index in [-0.39, 0.29) is 18.3 Å². The Labute approximate surface area is 102 Å². The van der Waals surface area contributed by atoms with Crippen molar-refractivity contribution in [2.45, 2.75) is 39.0 Å². The predicted octanol–water partition coefficient (Wildman–Crippen LogP) is 2.01. The molecular formula is C14H19NO2. The fourth-order valence-electron chi connectivity index (χ4n) is 2.58. The molecule has 0 bridgehead atoms. The van der Waals surface area contributed by atoms with E-state index >= 15 is 0 Å². The smallest absolute Gasteiger partial charge is 0.161 e. The van der Waals surface area contributed by atoms with Crippen LogP contribution in [0.5, 0.6) is 0 Å². The second kappa shape index (κ2) is 4.96. The van der Waals surface area contributed by atoms with Gasteiger partial charge in [0.25, 0.3) is 0 Å². The van der Waals surface area contributed by atoms with Gasteiger partial charge in [0.15, 0.2) is 5.78 Å². The maximum atomic E-state index is 11.6. The number of nitrogens with zero attached hydrogens (tertiary/aromatic N) is 1. The Kier molecular flexibility index (Phi) is 3.57. The van der Waals surface area contributed by atoms with Gasteiger partial charge >= 0.3 is 0 Å². The molecule has 0 fully saturated rings. The zero-order valence-electron chi connectivity index (χ0n) is 10.4. The second-order valence-corrected chi connectivity index (χ2v) is 4.99. The fraction of sp³-hybridized carbons (Fsp3) is 0.571. The van der Waals surface area contributed by atoms with Crippen LogP contribution in [-0.2, 0) is 11.2 Å². The minimum absolute atomic E-state index is 0.0478. The zero-order chi connectivity index (χ0) is 12.4. The quantitative estimate of drug-likeness (QED) is 0.795. The van der Waals surface area contributed by atoms with E-state index in [1.807, 2.05) is 13.0 Å². The minimum atomic E-state index is -0.347. The molecule has 0 amide bonds. The molecule has 3 nitrogen and oxygen atoms in total. The van der Waals surface area contributed by atoms with Crippen molar-refractivity contribution in [3.8, 4) is 0 Å². The molecule has 92 valence electrons. The standard InChI is InChI=1S/C14H19NO2/c1-9-3-5-11(14(17)8-16)7-13-12(9)6-4-10(2)15-13/h4,6,9,11,16H,3,5,7-8H2,1-2H3/t9-,11-/m0/s1. The molecule has 17 heavy (non-hydrogen) atoms. The molecule has 1 aliphatic rings. The van der Waals surface area contributed by atoms with E-state index in [2.05, 4.69) is 18.0 Å². The Morgan fingerprint density at radius 2 is 2.24 bits per heavy atom. The highest BCUT2D eigenvalue weighted by molar-refractivity contribution is 5.82. The van der Waals surface area contributed by atoms with Crippen LogP contribution in [0.4, 0.5) is 0 Å². The Morgan fingerprint density at radius 3 is 2.94 bits per heavy atom. The largest absolute Gasteiger partial charge is 0.389 e. The maximum absolute atomic E-state index is 11.6. The lowest BCUT2D eigenvalue weighted by molar-refractivity contribution is -0.125. The molecule has 3 heteroatoms. The lowest BCUT2D eigenvalue weighted by atomic mass is 9.94. The summed E-state index contributed by atoms with van der Waals surface area (Å²) in [5.74, 6) is 0.348. The molecule has 0 radical (unpaired) electrons. The van der Waals surface area contributed by atoms with E-state index in [1.54, 1.807) is 0 Å². The van der Waals surface area contributed by atoms with Crippen molar-refractivity contribution in [1.82, 2.24) is 4.98 Å². The number of ketones is 1. The van der Waals surface area contributed by atoms with Crippen molar-refractivity contribution in [1.29, 1.82) is 0 Å². The number of aliphatic hydroxyl groups is 1. The summed E-state index contributed by atoms with van der Waals surface area (Å²) in [6.45, 7) is 3.81. The van der Waals surface area contributed by atoms with Gasteiger partial charge in [-0.3, -0.25) is 9.78 Å². The van der Waals surface area contributed by atoms with Crippen LogP contribution < -0.4 is 0 Å². The Morgan fingerprint density at radius 1 is 1.47 bits per heavy atom. The lowest BCUT2D eigenvalue weighted by Gasteiger charge is -2.12. The molecule has 0 aromatic carbocycles. The first kappa shape index (κ1) is 12.2. The Balaban J connectivity index is 2.33. The number of Topliss-reactive ketones (excluding diaryl/α,β-unsaturated/α-hetero) is 1. The van der Waals surface area contributed by atoms with Crippen molar-refractivity contribution in [2.75, 3.05) is 6.61 Å². The van der Waals surface area contributed by atoms with Crippen molar-refractivity contribution >= 4 is 5.78 Å². The van der Waals surface area contributed by atoms with E-state index < -0.39 is 0 Å². The van der Waals surface area contributed by atoms with Crippen LogP contribution >= 0.6 is 0 Å². The van der Waals surface area contributed by atoms with E-state index in [0.717, 1.165) is 24.2 Å². The summed E-state index contributed by atoms with van der Waals surface area (Å²) in [6, 6.07) is 4.16. The molecule has 0 aliphatic heterocycles. The minimum Gasteiger partial charge on any atom is -0.389 e. The van der Waals surface area contributed by atoms with Crippen molar-refractivity contribution in [2.24, 2.45) is 5.92 Å². The van der Waals surface area contributed by atoms with Gasteiger partial charge in [0, 0.05) is 17.3 Å². The van der Waals surface area contributed by atoms with Crippen LogP contribution in [0.3, 0.4) is 0 Å². The van der Waals surface area contributed by atoms with Gasteiger partial charge in [-0.2, -0.15) is 0 Å². The molecule has 2 rings (SSSR count). The first-order chi connectivity index (χ1) is 8.11. The topological polar surface area (TPSA) is 50.2 Å². The number of hydrogen-bond acceptors (Lipinski definition) is 3. The number of hydrogen-bond donors (Lipinski definition) is 1. The van der Waals surface area contributed by atoms with Gasteiger partial charge in [0.2, 0.25) is 0 Å². The van der Waals surface area contributed by atoms with Gasteiger partial charge < -0.3 is 5.11 Å². The number of pyridine rings is 1. The SMILES string of the molecule is Cc1ccc2c(n1)C[C@@H](C(=O)CO)CC[C@@H]2C. The normalized spacial score (nSPS) is 23.9. The molecule has 1 aromatic heterocycles. The first-order valence-corrected chi connectivity index (χ1v) is 6.21. The predicted molar refractivity (Wildman–Crippen MR) is 65.9 cm³/mol. The third-order valence-electron chi connectivity index (χ3n) is 3.68. The summed E-state index contributed by atoms with van der Waals surface area (Å²) >= 11 is 0. The Bertz CT molecular complexity index is 428. The van der Waals surface area contributed by atoms with Gasteiger partial charge in [-0.1, -0.05) is 13.0 Å². The number of carbonyl (C=O) groups excluding carboxylic acids is 1. The zero-order valence-corrected chi connectivity index (χ0v) is 10.4. The molecular weight excluding hydrogens is 214 g/mol. The van der Waals surface area contributed by atoms with Gasteiger partial charge in [0.1, 0.15) is 6.61 Å². The molecule has 1 aromatic rings. The molecule has 1 heterocycles. The highest BCUT2D eigenvalue weighted by atomic mass is 16.3. The van der Waals surface area contributed by atoms with E-state index in [4.69, 9.17) is 5.11 Å². The third kappa shape index (κ3) is 2.55. The van der Waals surface area contributed by atoms with Crippen LogP contribution in [0, 0.1) is 12.8 Å². The monoisotopic (exact) mass is 233 g/mol. The van der Waals surface area contributed by atoms with E-state index in [9.17, 15) is 4.79 Å². The number of aryl methyl sites for hydroxylation is 1. The number of carbonyl (C=O) groups is 1. The summed E-state index contributed by atoms with van der Waals surface area (Å²) in [5, 5.41) is 8.98. The number of fused-ring (bicyclic) bond motifs is 1. The third-order valence-corrected chi connectivity index (χ3v) is 3.68. The van der Waals surface area contributed by atoms with Gasteiger partial charge in [-0.05, 0) is 43.7 Å².